The van der Waals surface area contributed by atoms with Crippen molar-refractivity contribution in [1.82, 2.24) is 10.3 Å². The number of hydrogen-bond donors (Lipinski definition) is 3. The highest BCUT2D eigenvalue weighted by Gasteiger charge is 2.15. The van der Waals surface area contributed by atoms with Crippen LogP contribution < -0.4 is 16.0 Å². The summed E-state index contributed by atoms with van der Waals surface area (Å²) in [4.78, 5) is 4.59. The molecule has 0 unspecified atom stereocenters. The van der Waals surface area contributed by atoms with Crippen molar-refractivity contribution in [2.24, 2.45) is 5.41 Å². The van der Waals surface area contributed by atoms with E-state index in [9.17, 15) is 0 Å². The highest BCUT2D eigenvalue weighted by molar-refractivity contribution is 5.75. The van der Waals surface area contributed by atoms with Crippen molar-refractivity contribution < 1.29 is 0 Å². The van der Waals surface area contributed by atoms with Crippen molar-refractivity contribution in [3.63, 3.8) is 0 Å². The molecular weight excluding hydrogens is 392 g/mol. The average Bonchev–Trinajstić information content (AvgIpc) is 2.72. The molecule has 32 heavy (non-hydrogen) atoms. The molecule has 2 aromatic rings. The van der Waals surface area contributed by atoms with Gasteiger partial charge in [0.1, 0.15) is 5.82 Å². The van der Waals surface area contributed by atoms with Gasteiger partial charge in [-0.2, -0.15) is 0 Å². The summed E-state index contributed by atoms with van der Waals surface area (Å²) in [5, 5.41) is 9.80. The van der Waals surface area contributed by atoms with Crippen LogP contribution in [0.5, 0.6) is 0 Å². The third-order valence-electron chi connectivity index (χ3n) is 4.98. The molecule has 0 saturated heterocycles. The van der Waals surface area contributed by atoms with Crippen LogP contribution in [0.3, 0.4) is 0 Å². The van der Waals surface area contributed by atoms with E-state index in [0.717, 1.165) is 46.2 Å². The Bertz CT molecular complexity index is 1030. The maximum atomic E-state index is 4.59. The zero-order valence-corrected chi connectivity index (χ0v) is 20.1. The number of aromatic nitrogens is 1. The molecule has 0 fully saturated rings. The topological polar surface area (TPSA) is 49.0 Å². The van der Waals surface area contributed by atoms with Crippen molar-refractivity contribution in [2.75, 3.05) is 10.6 Å². The molecule has 0 radical (unpaired) electrons. The first-order valence-corrected chi connectivity index (χ1v) is 10.8. The van der Waals surface area contributed by atoms with Gasteiger partial charge in [0.25, 0.3) is 0 Å². The molecule has 1 aromatic carbocycles. The van der Waals surface area contributed by atoms with Gasteiger partial charge in [0.2, 0.25) is 0 Å². The molecule has 168 valence electrons. The van der Waals surface area contributed by atoms with Gasteiger partial charge in [0.05, 0.1) is 17.1 Å². The Morgan fingerprint density at radius 2 is 1.47 bits per heavy atom. The monoisotopic (exact) mass is 428 g/mol. The van der Waals surface area contributed by atoms with Gasteiger partial charge in [-0.25, -0.2) is 4.98 Å². The zero-order chi connectivity index (χ0) is 23.9. The Labute approximate surface area is 193 Å². The molecule has 0 amide bonds. The summed E-state index contributed by atoms with van der Waals surface area (Å²) in [5.41, 5.74) is 7.41. The molecular formula is C28H36N4. The van der Waals surface area contributed by atoms with Gasteiger partial charge in [-0.3, -0.25) is 0 Å². The molecule has 0 aliphatic heterocycles. The van der Waals surface area contributed by atoms with Gasteiger partial charge < -0.3 is 16.0 Å². The van der Waals surface area contributed by atoms with Crippen molar-refractivity contribution in [1.29, 1.82) is 0 Å². The van der Waals surface area contributed by atoms with E-state index >= 15 is 0 Å². The Morgan fingerprint density at radius 3 is 2.00 bits per heavy atom. The van der Waals surface area contributed by atoms with E-state index in [2.05, 4.69) is 81.0 Å². The fourth-order valence-corrected chi connectivity index (χ4v) is 3.21. The predicted octanol–water partition coefficient (Wildman–Crippen LogP) is 7.57. The molecule has 0 saturated carbocycles. The Balaban J connectivity index is 1.96. The number of anilines is 2. The standard InChI is InChI=1S/C28H36N4/c1-10-23(28(7,8)9)18-20(4)29-22(6)31-25-16-14-24(15-17-25)30-21(5)27-13-11-12-26(32-27)19(2)3/h11-18,29-31H,2,4-6,10H2,1,3,7-9H3/b23-18+. The Morgan fingerprint density at radius 1 is 0.906 bits per heavy atom. The van der Waals surface area contributed by atoms with E-state index in [1.165, 1.54) is 5.57 Å². The molecule has 1 heterocycles. The minimum Gasteiger partial charge on any atom is -0.354 e. The van der Waals surface area contributed by atoms with E-state index in [4.69, 9.17) is 0 Å². The van der Waals surface area contributed by atoms with E-state index in [1.807, 2.05) is 49.4 Å². The second kappa shape index (κ2) is 10.7. The minimum absolute atomic E-state index is 0.113. The van der Waals surface area contributed by atoms with E-state index in [-0.39, 0.29) is 5.41 Å². The van der Waals surface area contributed by atoms with Gasteiger partial charge in [0, 0.05) is 17.1 Å². The number of nitrogens with one attached hydrogen (secondary N) is 3. The van der Waals surface area contributed by atoms with Gasteiger partial charge in [-0.1, -0.05) is 65.7 Å². The second-order valence-corrected chi connectivity index (χ2v) is 8.90. The van der Waals surface area contributed by atoms with Gasteiger partial charge in [-0.05, 0) is 66.8 Å². The number of benzene rings is 1. The lowest BCUT2D eigenvalue weighted by Crippen LogP contribution is -2.18. The quantitative estimate of drug-likeness (QED) is 0.342. The lowest BCUT2D eigenvalue weighted by atomic mass is 9.84. The van der Waals surface area contributed by atoms with E-state index in [1.54, 1.807) is 0 Å². The van der Waals surface area contributed by atoms with Crippen molar-refractivity contribution in [2.45, 2.75) is 41.0 Å². The molecule has 0 bridgehead atoms. The smallest absolute Gasteiger partial charge is 0.100 e. The average molecular weight is 429 g/mol. The molecule has 2 rings (SSSR count). The van der Waals surface area contributed by atoms with Crippen molar-refractivity contribution >= 4 is 22.6 Å². The first-order valence-electron chi connectivity index (χ1n) is 10.8. The van der Waals surface area contributed by atoms with Crippen LogP contribution in [-0.4, -0.2) is 4.98 Å². The van der Waals surface area contributed by atoms with Crippen LogP contribution >= 0.6 is 0 Å². The summed E-state index contributed by atoms with van der Waals surface area (Å²) in [5.74, 6) is 0.668. The molecule has 1 aromatic heterocycles. The van der Waals surface area contributed by atoms with Crippen LogP contribution in [0.1, 0.15) is 52.4 Å². The van der Waals surface area contributed by atoms with Crippen LogP contribution in [0.4, 0.5) is 11.4 Å². The van der Waals surface area contributed by atoms with Gasteiger partial charge >= 0.3 is 0 Å². The van der Waals surface area contributed by atoms with Crippen LogP contribution in [0, 0.1) is 5.41 Å². The highest BCUT2D eigenvalue weighted by atomic mass is 15.1. The third-order valence-corrected chi connectivity index (χ3v) is 4.98. The largest absolute Gasteiger partial charge is 0.354 e. The zero-order valence-electron chi connectivity index (χ0n) is 20.1. The number of hydrogen-bond acceptors (Lipinski definition) is 4. The SMILES string of the molecule is C=C(/C=C(\CC)C(C)(C)C)NC(=C)Nc1ccc(NC(=C)c2cccc(C(=C)C)n2)cc1. The summed E-state index contributed by atoms with van der Waals surface area (Å²) in [6, 6.07) is 13.7. The normalized spacial score (nSPS) is 11.5. The summed E-state index contributed by atoms with van der Waals surface area (Å²) in [6.45, 7) is 27.0. The number of nitrogens with zero attached hydrogens (tertiary/aromatic N) is 1. The molecule has 4 nitrogen and oxygen atoms in total. The van der Waals surface area contributed by atoms with E-state index in [0.29, 0.717) is 5.82 Å². The number of allylic oxidation sites excluding steroid dienone is 3. The van der Waals surface area contributed by atoms with E-state index < -0.39 is 0 Å². The fourth-order valence-electron chi connectivity index (χ4n) is 3.21. The minimum atomic E-state index is 0.113. The maximum Gasteiger partial charge on any atom is 0.100 e. The molecule has 0 aliphatic rings. The molecule has 0 atom stereocenters. The predicted molar refractivity (Wildman–Crippen MR) is 141 cm³/mol. The number of rotatable bonds is 10. The van der Waals surface area contributed by atoms with Crippen molar-refractivity contribution in [3.8, 4) is 0 Å². The molecule has 0 spiro atoms. The van der Waals surface area contributed by atoms with Gasteiger partial charge in [-0.15, -0.1) is 0 Å². The molecule has 4 heteroatoms. The summed E-state index contributed by atoms with van der Waals surface area (Å²) >= 11 is 0. The van der Waals surface area contributed by atoms with Crippen molar-refractivity contribution in [3.05, 3.63) is 103 Å². The number of pyridine rings is 1. The van der Waals surface area contributed by atoms with Crippen LogP contribution in [0.25, 0.3) is 11.3 Å². The first-order chi connectivity index (χ1) is 15.0. The summed E-state index contributed by atoms with van der Waals surface area (Å²) in [7, 11) is 0. The Hall–Kier alpha value is -3.53. The lowest BCUT2D eigenvalue weighted by molar-refractivity contribution is 0.487. The molecule has 0 aliphatic carbocycles. The third kappa shape index (κ3) is 7.31. The molecule has 3 N–H and O–H groups in total. The van der Waals surface area contributed by atoms with Gasteiger partial charge in [0.15, 0.2) is 0 Å². The summed E-state index contributed by atoms with van der Waals surface area (Å²) in [6.07, 6.45) is 3.08. The van der Waals surface area contributed by atoms with Crippen LogP contribution in [0.15, 0.2) is 91.9 Å². The maximum absolute atomic E-state index is 4.59. The highest BCUT2D eigenvalue weighted by Crippen LogP contribution is 2.28. The van der Waals surface area contributed by atoms with Crippen LogP contribution in [-0.2, 0) is 0 Å². The van der Waals surface area contributed by atoms with Crippen LogP contribution in [0.2, 0.25) is 0 Å². The lowest BCUT2D eigenvalue weighted by Gasteiger charge is -2.23. The Kier molecular flexibility index (Phi) is 8.25. The second-order valence-electron chi connectivity index (χ2n) is 8.90. The fraction of sp³-hybridized carbons (Fsp3) is 0.250. The summed E-state index contributed by atoms with van der Waals surface area (Å²) < 4.78 is 0. The first kappa shape index (κ1) is 24.7.